The maximum absolute atomic E-state index is 4.49. The van der Waals surface area contributed by atoms with Gasteiger partial charge in [0.05, 0.1) is 5.54 Å². The minimum atomic E-state index is 0. The van der Waals surface area contributed by atoms with Crippen LogP contribution in [-0.4, -0.2) is 5.54 Å². The highest BCUT2D eigenvalue weighted by Crippen LogP contribution is 2.19. The van der Waals surface area contributed by atoms with Crippen molar-refractivity contribution in [2.24, 2.45) is 0 Å². The van der Waals surface area contributed by atoms with E-state index in [2.05, 4.69) is 26.5 Å². The van der Waals surface area contributed by atoms with Crippen molar-refractivity contribution in [3.63, 3.8) is 0 Å². The highest BCUT2D eigenvalue weighted by molar-refractivity contribution is 4.70. The summed E-state index contributed by atoms with van der Waals surface area (Å²) in [6, 6.07) is 0. The van der Waals surface area contributed by atoms with Gasteiger partial charge in [-0.15, -0.1) is 0 Å². The smallest absolute Gasteiger partial charge is 0.0917 e. The molecule has 0 aliphatic rings. The first-order valence-electron chi connectivity index (χ1n) is 11.0. The van der Waals surface area contributed by atoms with Crippen molar-refractivity contribution in [1.29, 1.82) is 0 Å². The monoisotopic (exact) mass is 361 g/mol. The van der Waals surface area contributed by atoms with Crippen LogP contribution in [-0.2, 0) is 0 Å². The largest absolute Gasteiger partial charge is 1.00 e. The SMILES string of the molecule is CCCCCCCCCCC(C)([NH3+])CCCCCCCCCC.[Cl-]. The van der Waals surface area contributed by atoms with Gasteiger partial charge in [-0.3, -0.25) is 0 Å². The summed E-state index contributed by atoms with van der Waals surface area (Å²) in [6.07, 6.45) is 25.5. The van der Waals surface area contributed by atoms with Crippen LogP contribution in [0.2, 0.25) is 0 Å². The Balaban J connectivity index is 0. The van der Waals surface area contributed by atoms with Gasteiger partial charge >= 0.3 is 0 Å². The average molecular weight is 362 g/mol. The van der Waals surface area contributed by atoms with Crippen LogP contribution < -0.4 is 18.1 Å². The molecule has 0 unspecified atom stereocenters. The van der Waals surface area contributed by atoms with Crippen LogP contribution in [0.3, 0.4) is 0 Å². The van der Waals surface area contributed by atoms with E-state index in [1.807, 2.05) is 0 Å². The van der Waals surface area contributed by atoms with E-state index in [0.717, 1.165) is 0 Å². The summed E-state index contributed by atoms with van der Waals surface area (Å²) < 4.78 is 0. The molecule has 0 bridgehead atoms. The first-order valence-corrected chi connectivity index (χ1v) is 11.0. The van der Waals surface area contributed by atoms with Gasteiger partial charge in [0.2, 0.25) is 0 Å². The minimum Gasteiger partial charge on any atom is -1.00 e. The number of unbranched alkanes of at least 4 members (excludes halogenated alkanes) is 14. The third-order valence-corrected chi connectivity index (χ3v) is 5.27. The van der Waals surface area contributed by atoms with Crippen molar-refractivity contribution in [3.8, 4) is 0 Å². The van der Waals surface area contributed by atoms with Crippen LogP contribution in [0.15, 0.2) is 0 Å². The van der Waals surface area contributed by atoms with E-state index in [4.69, 9.17) is 0 Å². The lowest BCUT2D eigenvalue weighted by Gasteiger charge is -2.21. The molecule has 24 heavy (non-hydrogen) atoms. The van der Waals surface area contributed by atoms with E-state index in [1.165, 1.54) is 116 Å². The van der Waals surface area contributed by atoms with Gasteiger partial charge in [-0.2, -0.15) is 0 Å². The molecule has 0 heterocycles. The Kier molecular flexibility index (Phi) is 21.6. The van der Waals surface area contributed by atoms with E-state index in [-0.39, 0.29) is 12.4 Å². The molecule has 0 atom stereocenters. The lowest BCUT2D eigenvalue weighted by Crippen LogP contribution is -3.00. The van der Waals surface area contributed by atoms with Gasteiger partial charge in [0.1, 0.15) is 0 Å². The van der Waals surface area contributed by atoms with E-state index >= 15 is 0 Å². The van der Waals surface area contributed by atoms with Crippen molar-refractivity contribution in [2.75, 3.05) is 0 Å². The Morgan fingerprint density at radius 2 is 0.750 bits per heavy atom. The predicted molar refractivity (Wildman–Crippen MR) is 106 cm³/mol. The van der Waals surface area contributed by atoms with Crippen molar-refractivity contribution in [2.45, 2.75) is 142 Å². The second-order valence-electron chi connectivity index (χ2n) is 8.26. The van der Waals surface area contributed by atoms with Gasteiger partial charge < -0.3 is 18.1 Å². The minimum absolute atomic E-state index is 0. The molecule has 0 spiro atoms. The fourth-order valence-corrected chi connectivity index (χ4v) is 3.50. The van der Waals surface area contributed by atoms with E-state index in [1.54, 1.807) is 0 Å². The van der Waals surface area contributed by atoms with Gasteiger partial charge in [0.25, 0.3) is 0 Å². The topological polar surface area (TPSA) is 27.6 Å². The molecular formula is C22H48ClN. The molecule has 148 valence electrons. The molecule has 0 aromatic carbocycles. The number of halogens is 1. The van der Waals surface area contributed by atoms with Crippen molar-refractivity contribution < 1.29 is 18.1 Å². The van der Waals surface area contributed by atoms with Crippen LogP contribution in [0.1, 0.15) is 136 Å². The molecule has 0 aliphatic heterocycles. The van der Waals surface area contributed by atoms with Gasteiger partial charge in [0, 0.05) is 12.8 Å². The van der Waals surface area contributed by atoms with Gasteiger partial charge in [-0.25, -0.2) is 0 Å². The number of quaternary nitrogens is 1. The van der Waals surface area contributed by atoms with Crippen LogP contribution >= 0.6 is 0 Å². The molecule has 0 aliphatic carbocycles. The Labute approximate surface area is 160 Å². The number of hydrogen-bond acceptors (Lipinski definition) is 0. The highest BCUT2D eigenvalue weighted by Gasteiger charge is 2.20. The van der Waals surface area contributed by atoms with Crippen molar-refractivity contribution in [3.05, 3.63) is 0 Å². The Morgan fingerprint density at radius 1 is 0.500 bits per heavy atom. The zero-order valence-corrected chi connectivity index (χ0v) is 18.1. The molecule has 0 saturated carbocycles. The molecule has 0 amide bonds. The summed E-state index contributed by atoms with van der Waals surface area (Å²) in [4.78, 5) is 0. The number of rotatable bonds is 18. The van der Waals surface area contributed by atoms with Crippen LogP contribution in [0.25, 0.3) is 0 Å². The molecular weight excluding hydrogens is 314 g/mol. The molecule has 1 nitrogen and oxygen atoms in total. The molecule has 0 aromatic heterocycles. The molecule has 3 N–H and O–H groups in total. The molecule has 2 heteroatoms. The summed E-state index contributed by atoms with van der Waals surface area (Å²) >= 11 is 0. The molecule has 0 rings (SSSR count). The summed E-state index contributed by atoms with van der Waals surface area (Å²) in [5.74, 6) is 0. The van der Waals surface area contributed by atoms with Gasteiger partial charge in [0.15, 0.2) is 0 Å². The molecule has 0 radical (unpaired) electrons. The summed E-state index contributed by atoms with van der Waals surface area (Å²) in [5, 5.41) is 0. The lowest BCUT2D eigenvalue weighted by molar-refractivity contribution is -0.475. The molecule has 0 saturated heterocycles. The van der Waals surface area contributed by atoms with Gasteiger partial charge in [-0.1, -0.05) is 104 Å². The maximum Gasteiger partial charge on any atom is 0.0917 e. The molecule has 0 aromatic rings. The van der Waals surface area contributed by atoms with Gasteiger partial charge in [-0.05, 0) is 19.8 Å². The van der Waals surface area contributed by atoms with Crippen molar-refractivity contribution >= 4 is 0 Å². The van der Waals surface area contributed by atoms with Crippen LogP contribution in [0.4, 0.5) is 0 Å². The average Bonchev–Trinajstić information content (AvgIpc) is 2.52. The fraction of sp³-hybridized carbons (Fsp3) is 1.00. The predicted octanol–water partition coefficient (Wildman–Crippen LogP) is 4.05. The first kappa shape index (κ1) is 26.5. The van der Waals surface area contributed by atoms with Crippen LogP contribution in [0, 0.1) is 0 Å². The normalized spacial score (nSPS) is 11.5. The zero-order chi connectivity index (χ0) is 17.2. The second kappa shape index (κ2) is 19.6. The summed E-state index contributed by atoms with van der Waals surface area (Å²) in [5.41, 5.74) is 4.82. The third kappa shape index (κ3) is 20.3. The number of hydrogen-bond donors (Lipinski definition) is 1. The highest BCUT2D eigenvalue weighted by atomic mass is 35.5. The Bertz CT molecular complexity index is 206. The zero-order valence-electron chi connectivity index (χ0n) is 17.3. The molecule has 0 fully saturated rings. The Hall–Kier alpha value is 0.250. The maximum atomic E-state index is 4.49. The van der Waals surface area contributed by atoms with Crippen molar-refractivity contribution in [1.82, 2.24) is 0 Å². The standard InChI is InChI=1S/C22H47N.ClH/c1-4-6-8-10-12-14-16-18-20-22(3,23)21-19-17-15-13-11-9-7-5-2;/h4-21,23H2,1-3H3;1H. The third-order valence-electron chi connectivity index (χ3n) is 5.27. The Morgan fingerprint density at radius 3 is 1.04 bits per heavy atom. The lowest BCUT2D eigenvalue weighted by atomic mass is 9.89. The fourth-order valence-electron chi connectivity index (χ4n) is 3.50. The van der Waals surface area contributed by atoms with Crippen LogP contribution in [0.5, 0.6) is 0 Å². The second-order valence-corrected chi connectivity index (χ2v) is 8.26. The quantitative estimate of drug-likeness (QED) is 0.357. The van der Waals surface area contributed by atoms with E-state index in [9.17, 15) is 0 Å². The summed E-state index contributed by atoms with van der Waals surface area (Å²) in [6.45, 7) is 6.97. The van der Waals surface area contributed by atoms with E-state index < -0.39 is 0 Å². The summed E-state index contributed by atoms with van der Waals surface area (Å²) in [7, 11) is 0. The first-order chi connectivity index (χ1) is 11.1. The van der Waals surface area contributed by atoms with E-state index in [0.29, 0.717) is 5.54 Å².